The molecular formula is C6H11NS2. The Labute approximate surface area is 64.7 Å². The SMILES string of the molecule is CC1=N[C@H](C)S[C@H](C)S1. The number of thioether (sulfide) groups is 2. The molecule has 0 fully saturated rings. The van der Waals surface area contributed by atoms with Crippen molar-refractivity contribution in [2.45, 2.75) is 30.7 Å². The number of aliphatic imine (C=N–C) groups is 1. The molecule has 1 aliphatic rings. The fourth-order valence-corrected chi connectivity index (χ4v) is 3.52. The summed E-state index contributed by atoms with van der Waals surface area (Å²) in [6, 6.07) is 0. The highest BCUT2D eigenvalue weighted by Crippen LogP contribution is 2.33. The van der Waals surface area contributed by atoms with Crippen molar-refractivity contribution in [1.29, 1.82) is 0 Å². The molecule has 3 heteroatoms. The second-order valence-corrected chi connectivity index (χ2v) is 5.56. The van der Waals surface area contributed by atoms with Gasteiger partial charge in [-0.05, 0) is 20.8 Å². The summed E-state index contributed by atoms with van der Waals surface area (Å²) < 4.78 is 0.692. The van der Waals surface area contributed by atoms with Gasteiger partial charge in [-0.1, -0.05) is 11.8 Å². The Kier molecular flexibility index (Phi) is 2.47. The van der Waals surface area contributed by atoms with Crippen LogP contribution >= 0.6 is 23.5 Å². The lowest BCUT2D eigenvalue weighted by Crippen LogP contribution is -2.08. The number of hydrogen-bond acceptors (Lipinski definition) is 3. The zero-order valence-electron chi connectivity index (χ0n) is 5.92. The van der Waals surface area contributed by atoms with Gasteiger partial charge < -0.3 is 0 Å². The van der Waals surface area contributed by atoms with E-state index in [2.05, 4.69) is 25.8 Å². The molecule has 1 rings (SSSR count). The van der Waals surface area contributed by atoms with Gasteiger partial charge in [-0.3, -0.25) is 4.99 Å². The molecule has 1 heterocycles. The van der Waals surface area contributed by atoms with E-state index in [1.54, 1.807) is 0 Å². The predicted molar refractivity (Wildman–Crippen MR) is 47.2 cm³/mol. The van der Waals surface area contributed by atoms with Crippen molar-refractivity contribution in [3.05, 3.63) is 0 Å². The molecule has 0 spiro atoms. The van der Waals surface area contributed by atoms with Gasteiger partial charge in [-0.2, -0.15) is 0 Å². The van der Waals surface area contributed by atoms with E-state index in [9.17, 15) is 0 Å². The van der Waals surface area contributed by atoms with Crippen LogP contribution in [0.3, 0.4) is 0 Å². The van der Waals surface area contributed by atoms with Gasteiger partial charge in [-0.15, -0.1) is 11.8 Å². The average molecular weight is 161 g/mol. The largest absolute Gasteiger partial charge is 0.269 e. The minimum Gasteiger partial charge on any atom is -0.269 e. The van der Waals surface area contributed by atoms with Crippen LogP contribution in [0, 0.1) is 0 Å². The van der Waals surface area contributed by atoms with Gasteiger partial charge in [0, 0.05) is 0 Å². The Bertz CT molecular complexity index is 133. The maximum absolute atomic E-state index is 4.38. The van der Waals surface area contributed by atoms with Crippen LogP contribution in [0.1, 0.15) is 20.8 Å². The van der Waals surface area contributed by atoms with Gasteiger partial charge in [0.05, 0.1) is 15.0 Å². The minimum atomic E-state index is 0.473. The van der Waals surface area contributed by atoms with Crippen molar-refractivity contribution in [1.82, 2.24) is 0 Å². The summed E-state index contributed by atoms with van der Waals surface area (Å²) in [4.78, 5) is 4.38. The molecule has 0 saturated carbocycles. The van der Waals surface area contributed by atoms with Gasteiger partial charge in [0.1, 0.15) is 0 Å². The second kappa shape index (κ2) is 2.97. The van der Waals surface area contributed by atoms with Crippen molar-refractivity contribution in [3.63, 3.8) is 0 Å². The van der Waals surface area contributed by atoms with Gasteiger partial charge in [0.15, 0.2) is 0 Å². The van der Waals surface area contributed by atoms with Crippen molar-refractivity contribution in [2.24, 2.45) is 4.99 Å². The Morgan fingerprint density at radius 3 is 2.56 bits per heavy atom. The minimum absolute atomic E-state index is 0.473. The molecular weight excluding hydrogens is 150 g/mol. The normalized spacial score (nSPS) is 36.1. The van der Waals surface area contributed by atoms with E-state index < -0.39 is 0 Å². The zero-order valence-corrected chi connectivity index (χ0v) is 7.55. The van der Waals surface area contributed by atoms with Gasteiger partial charge in [0.25, 0.3) is 0 Å². The summed E-state index contributed by atoms with van der Waals surface area (Å²) in [7, 11) is 0. The van der Waals surface area contributed by atoms with E-state index in [-0.39, 0.29) is 0 Å². The molecule has 1 aliphatic heterocycles. The molecule has 0 bridgehead atoms. The molecule has 0 N–H and O–H groups in total. The molecule has 0 unspecified atom stereocenters. The average Bonchev–Trinajstić information content (AvgIpc) is 1.59. The lowest BCUT2D eigenvalue weighted by atomic mass is 10.7. The standard InChI is InChI=1S/C6H11NS2/c1-4-7-5(2)9-6(3)8-4/h4,6H,1-3H3/t4-,6-/m0/s1. The molecule has 0 aromatic heterocycles. The van der Waals surface area contributed by atoms with E-state index in [1.165, 1.54) is 5.04 Å². The van der Waals surface area contributed by atoms with Crippen LogP contribution in [-0.2, 0) is 0 Å². The van der Waals surface area contributed by atoms with E-state index in [1.807, 2.05) is 23.5 Å². The topological polar surface area (TPSA) is 12.4 Å². The molecule has 52 valence electrons. The third-order valence-corrected chi connectivity index (χ3v) is 3.37. The third-order valence-electron chi connectivity index (χ3n) is 1.09. The van der Waals surface area contributed by atoms with E-state index >= 15 is 0 Å². The Morgan fingerprint density at radius 2 is 2.11 bits per heavy atom. The first kappa shape index (κ1) is 7.48. The van der Waals surface area contributed by atoms with Crippen molar-refractivity contribution < 1.29 is 0 Å². The fraction of sp³-hybridized carbons (Fsp3) is 0.833. The first-order valence-corrected chi connectivity index (χ1v) is 4.87. The van der Waals surface area contributed by atoms with Crippen molar-refractivity contribution in [2.75, 3.05) is 0 Å². The van der Waals surface area contributed by atoms with Crippen LogP contribution < -0.4 is 0 Å². The number of nitrogens with zero attached hydrogens (tertiary/aromatic N) is 1. The summed E-state index contributed by atoms with van der Waals surface area (Å²) in [6.07, 6.45) is 0. The van der Waals surface area contributed by atoms with Crippen LogP contribution in [0.4, 0.5) is 0 Å². The summed E-state index contributed by atoms with van der Waals surface area (Å²) in [5.74, 6) is 0. The van der Waals surface area contributed by atoms with Crippen LogP contribution in [0.5, 0.6) is 0 Å². The second-order valence-electron chi connectivity index (χ2n) is 2.07. The third kappa shape index (κ3) is 2.22. The van der Waals surface area contributed by atoms with Crippen molar-refractivity contribution in [3.8, 4) is 0 Å². The molecule has 0 radical (unpaired) electrons. The fourth-order valence-electron chi connectivity index (χ4n) is 0.862. The van der Waals surface area contributed by atoms with E-state index in [0.29, 0.717) is 9.96 Å². The Morgan fingerprint density at radius 1 is 1.44 bits per heavy atom. The van der Waals surface area contributed by atoms with Crippen LogP contribution in [0.2, 0.25) is 0 Å². The first-order chi connectivity index (χ1) is 4.18. The highest BCUT2D eigenvalue weighted by molar-refractivity contribution is 8.25. The van der Waals surface area contributed by atoms with Crippen LogP contribution in [0.25, 0.3) is 0 Å². The number of rotatable bonds is 0. The molecule has 0 aliphatic carbocycles. The maximum Gasteiger partial charge on any atom is 0.0943 e. The molecule has 9 heavy (non-hydrogen) atoms. The molecule has 0 amide bonds. The van der Waals surface area contributed by atoms with Gasteiger partial charge in [-0.25, -0.2) is 0 Å². The molecule has 2 atom stereocenters. The lowest BCUT2D eigenvalue weighted by Gasteiger charge is -2.19. The van der Waals surface area contributed by atoms with E-state index in [0.717, 1.165) is 0 Å². The smallest absolute Gasteiger partial charge is 0.0943 e. The highest BCUT2D eigenvalue weighted by atomic mass is 32.2. The highest BCUT2D eigenvalue weighted by Gasteiger charge is 2.14. The van der Waals surface area contributed by atoms with Gasteiger partial charge >= 0.3 is 0 Å². The number of hydrogen-bond donors (Lipinski definition) is 0. The Hall–Kier alpha value is 0.370. The summed E-state index contributed by atoms with van der Waals surface area (Å²) in [6.45, 7) is 6.45. The Balaban J connectivity index is 2.56. The van der Waals surface area contributed by atoms with Crippen molar-refractivity contribution >= 4 is 28.6 Å². The molecule has 1 nitrogen and oxygen atoms in total. The molecule has 0 aromatic carbocycles. The first-order valence-electron chi connectivity index (χ1n) is 3.05. The monoisotopic (exact) mass is 161 g/mol. The quantitative estimate of drug-likeness (QED) is 0.541. The summed E-state index contributed by atoms with van der Waals surface area (Å²) >= 11 is 3.78. The molecule has 0 saturated heterocycles. The van der Waals surface area contributed by atoms with Crippen LogP contribution in [-0.4, -0.2) is 15.0 Å². The lowest BCUT2D eigenvalue weighted by molar-refractivity contribution is 1.04. The van der Waals surface area contributed by atoms with Crippen LogP contribution in [0.15, 0.2) is 4.99 Å². The summed E-state index contributed by atoms with van der Waals surface area (Å²) in [5, 5.41) is 1.70. The van der Waals surface area contributed by atoms with Gasteiger partial charge in [0.2, 0.25) is 0 Å². The predicted octanol–water partition coefficient (Wildman–Crippen LogP) is 2.58. The molecule has 0 aromatic rings. The van der Waals surface area contributed by atoms with E-state index in [4.69, 9.17) is 0 Å². The zero-order chi connectivity index (χ0) is 6.85. The summed E-state index contributed by atoms with van der Waals surface area (Å²) in [5.41, 5.74) is 0. The maximum atomic E-state index is 4.38.